The van der Waals surface area contributed by atoms with E-state index in [0.717, 1.165) is 12.3 Å². The number of hydrogen-bond acceptors (Lipinski definition) is 2. The van der Waals surface area contributed by atoms with Crippen molar-refractivity contribution in [1.29, 1.82) is 0 Å². The van der Waals surface area contributed by atoms with Crippen molar-refractivity contribution >= 4 is 0 Å². The molecule has 0 aliphatic rings. The van der Waals surface area contributed by atoms with Gasteiger partial charge in [0.25, 0.3) is 0 Å². The molecule has 0 fully saturated rings. The Balaban J connectivity index is 2.82. The second kappa shape index (κ2) is 5.63. The first kappa shape index (κ1) is 11.0. The van der Waals surface area contributed by atoms with E-state index in [4.69, 9.17) is 4.74 Å². The van der Waals surface area contributed by atoms with Crippen molar-refractivity contribution < 1.29 is 4.74 Å². The third-order valence-electron chi connectivity index (χ3n) is 2.20. The monoisotopic (exact) mass is 192 g/mol. The summed E-state index contributed by atoms with van der Waals surface area (Å²) in [5.41, 5.74) is 1.20. The molecule has 14 heavy (non-hydrogen) atoms. The molecule has 1 aromatic heterocycles. The molecule has 0 amide bonds. The smallest absolute Gasteiger partial charge is 0.216 e. The van der Waals surface area contributed by atoms with E-state index < -0.39 is 0 Å². The van der Waals surface area contributed by atoms with Crippen molar-refractivity contribution in [1.82, 2.24) is 4.98 Å². The first-order valence-electron chi connectivity index (χ1n) is 5.15. The van der Waals surface area contributed by atoms with Gasteiger partial charge in [0, 0.05) is 11.8 Å². The van der Waals surface area contributed by atoms with Crippen LogP contribution in [0.15, 0.2) is 18.3 Å². The Hall–Kier alpha value is -1.05. The minimum Gasteiger partial charge on any atom is -0.478 e. The summed E-state index contributed by atoms with van der Waals surface area (Å²) < 4.78 is 5.48. The van der Waals surface area contributed by atoms with Crippen LogP contribution in [0, 0.1) is 6.42 Å². The second-order valence-electron chi connectivity index (χ2n) is 3.38. The van der Waals surface area contributed by atoms with Gasteiger partial charge in [-0.1, -0.05) is 19.9 Å². The molecule has 1 atom stereocenters. The van der Waals surface area contributed by atoms with Crippen LogP contribution in [0.25, 0.3) is 0 Å². The number of nitrogens with zero attached hydrogens (tertiary/aromatic N) is 1. The molecule has 0 aromatic carbocycles. The Morgan fingerprint density at radius 3 is 3.00 bits per heavy atom. The second-order valence-corrected chi connectivity index (χ2v) is 3.38. The minimum absolute atomic E-state index is 0.482. The zero-order valence-electron chi connectivity index (χ0n) is 9.16. The standard InChI is InChI=1S/C12H18NO/c1-4-7-10(3)11-8-6-9-13-12(11)14-5-2/h4,6,8-10H,5,7H2,1-3H3/t10-/m0/s1. The van der Waals surface area contributed by atoms with E-state index in [0.29, 0.717) is 12.5 Å². The summed E-state index contributed by atoms with van der Waals surface area (Å²) in [5.74, 6) is 1.26. The normalized spacial score (nSPS) is 12.5. The van der Waals surface area contributed by atoms with Crippen molar-refractivity contribution in [2.24, 2.45) is 0 Å². The SMILES string of the molecule is C[CH]C[C@H](C)c1cccnc1OCC. The van der Waals surface area contributed by atoms with Crippen LogP contribution in [-0.2, 0) is 0 Å². The third kappa shape index (κ3) is 2.72. The molecule has 1 radical (unpaired) electrons. The molecule has 0 unspecified atom stereocenters. The maximum atomic E-state index is 5.48. The highest BCUT2D eigenvalue weighted by Gasteiger charge is 2.10. The number of ether oxygens (including phenoxy) is 1. The quantitative estimate of drug-likeness (QED) is 0.714. The van der Waals surface area contributed by atoms with E-state index in [1.807, 2.05) is 13.0 Å². The van der Waals surface area contributed by atoms with Gasteiger partial charge in [-0.15, -0.1) is 0 Å². The van der Waals surface area contributed by atoms with Crippen molar-refractivity contribution in [3.05, 3.63) is 30.3 Å². The molecule has 0 spiro atoms. The predicted molar refractivity (Wildman–Crippen MR) is 58.4 cm³/mol. The van der Waals surface area contributed by atoms with Gasteiger partial charge in [0.2, 0.25) is 5.88 Å². The van der Waals surface area contributed by atoms with E-state index in [9.17, 15) is 0 Å². The molecule has 0 bridgehead atoms. The number of pyridine rings is 1. The third-order valence-corrected chi connectivity index (χ3v) is 2.20. The van der Waals surface area contributed by atoms with Crippen LogP contribution in [0.1, 0.15) is 38.7 Å². The average Bonchev–Trinajstić information content (AvgIpc) is 2.19. The van der Waals surface area contributed by atoms with E-state index in [2.05, 4.69) is 31.3 Å². The maximum absolute atomic E-state index is 5.48. The van der Waals surface area contributed by atoms with Gasteiger partial charge in [-0.05, 0) is 31.7 Å². The van der Waals surface area contributed by atoms with Gasteiger partial charge in [0.1, 0.15) is 0 Å². The summed E-state index contributed by atoms with van der Waals surface area (Å²) >= 11 is 0. The molecule has 77 valence electrons. The van der Waals surface area contributed by atoms with Crippen molar-refractivity contribution in [2.75, 3.05) is 6.61 Å². The lowest BCUT2D eigenvalue weighted by molar-refractivity contribution is 0.321. The predicted octanol–water partition coefficient (Wildman–Crippen LogP) is 3.20. The zero-order valence-corrected chi connectivity index (χ0v) is 9.16. The molecule has 2 nitrogen and oxygen atoms in total. The summed E-state index contributed by atoms with van der Waals surface area (Å²) in [6.45, 7) is 6.92. The number of aromatic nitrogens is 1. The minimum atomic E-state index is 0.482. The van der Waals surface area contributed by atoms with Crippen LogP contribution in [0.3, 0.4) is 0 Å². The summed E-state index contributed by atoms with van der Waals surface area (Å²) in [6, 6.07) is 4.05. The molecule has 0 aliphatic carbocycles. The maximum Gasteiger partial charge on any atom is 0.216 e. The summed E-state index contributed by atoms with van der Waals surface area (Å²) in [4.78, 5) is 4.24. The zero-order chi connectivity index (χ0) is 10.4. The molecule has 1 rings (SSSR count). The molecule has 0 saturated carbocycles. The average molecular weight is 192 g/mol. The molecule has 0 aliphatic heterocycles. The fraction of sp³-hybridized carbons (Fsp3) is 0.500. The molecule has 2 heteroatoms. The van der Waals surface area contributed by atoms with Gasteiger partial charge < -0.3 is 4.74 Å². The summed E-state index contributed by atoms with van der Waals surface area (Å²) in [5, 5.41) is 0. The van der Waals surface area contributed by atoms with Crippen LogP contribution in [0.4, 0.5) is 0 Å². The van der Waals surface area contributed by atoms with Crippen molar-refractivity contribution in [3.8, 4) is 5.88 Å². The van der Waals surface area contributed by atoms with Crippen LogP contribution < -0.4 is 4.74 Å². The molecule has 1 heterocycles. The summed E-state index contributed by atoms with van der Waals surface area (Å²) in [6.07, 6.45) is 5.01. The van der Waals surface area contributed by atoms with E-state index in [1.54, 1.807) is 6.20 Å². The molecule has 0 saturated heterocycles. The topological polar surface area (TPSA) is 22.1 Å². The molecule has 1 aromatic rings. The highest BCUT2D eigenvalue weighted by atomic mass is 16.5. The lowest BCUT2D eigenvalue weighted by Crippen LogP contribution is -2.02. The Labute approximate surface area is 86.3 Å². The fourth-order valence-electron chi connectivity index (χ4n) is 1.52. The molecule has 0 N–H and O–H groups in total. The number of hydrogen-bond donors (Lipinski definition) is 0. The van der Waals surface area contributed by atoms with E-state index in [-0.39, 0.29) is 0 Å². The Morgan fingerprint density at radius 2 is 2.36 bits per heavy atom. The van der Waals surface area contributed by atoms with E-state index >= 15 is 0 Å². The Morgan fingerprint density at radius 1 is 1.57 bits per heavy atom. The van der Waals surface area contributed by atoms with Gasteiger partial charge in [0.05, 0.1) is 6.61 Å². The van der Waals surface area contributed by atoms with Gasteiger partial charge in [-0.3, -0.25) is 0 Å². The van der Waals surface area contributed by atoms with Crippen LogP contribution >= 0.6 is 0 Å². The lowest BCUT2D eigenvalue weighted by atomic mass is 9.98. The van der Waals surface area contributed by atoms with Crippen LogP contribution in [0.5, 0.6) is 5.88 Å². The first-order valence-corrected chi connectivity index (χ1v) is 5.15. The number of rotatable bonds is 5. The van der Waals surface area contributed by atoms with Crippen molar-refractivity contribution in [2.45, 2.75) is 33.1 Å². The van der Waals surface area contributed by atoms with Crippen LogP contribution in [0.2, 0.25) is 0 Å². The van der Waals surface area contributed by atoms with Gasteiger partial charge >= 0.3 is 0 Å². The first-order chi connectivity index (χ1) is 6.79. The molecular formula is C12H18NO. The van der Waals surface area contributed by atoms with Gasteiger partial charge in [-0.2, -0.15) is 0 Å². The highest BCUT2D eigenvalue weighted by Crippen LogP contribution is 2.27. The van der Waals surface area contributed by atoms with Gasteiger partial charge in [-0.25, -0.2) is 4.98 Å². The highest BCUT2D eigenvalue weighted by molar-refractivity contribution is 5.29. The van der Waals surface area contributed by atoms with Gasteiger partial charge in [0.15, 0.2) is 0 Å². The largest absolute Gasteiger partial charge is 0.478 e. The fourth-order valence-corrected chi connectivity index (χ4v) is 1.52. The van der Waals surface area contributed by atoms with E-state index in [1.165, 1.54) is 5.56 Å². The van der Waals surface area contributed by atoms with Crippen molar-refractivity contribution in [3.63, 3.8) is 0 Å². The molecular weight excluding hydrogens is 174 g/mol. The summed E-state index contributed by atoms with van der Waals surface area (Å²) in [7, 11) is 0. The Kier molecular flexibility index (Phi) is 4.44. The Bertz CT molecular complexity index is 273. The lowest BCUT2D eigenvalue weighted by Gasteiger charge is -2.14. The van der Waals surface area contributed by atoms with Crippen LogP contribution in [-0.4, -0.2) is 11.6 Å².